The van der Waals surface area contributed by atoms with E-state index in [1.54, 1.807) is 24.4 Å². The SMILES string of the molecule is CCOc1cc(/C=N\NC(=O)CNc2cccc3ccccc23)cc(Br)c1OCc1ccc(Cl)cc1Cl. The van der Waals surface area contributed by atoms with Crippen molar-refractivity contribution < 1.29 is 14.3 Å². The Morgan fingerprint density at radius 1 is 1.03 bits per heavy atom. The zero-order chi connectivity index (χ0) is 26.2. The highest BCUT2D eigenvalue weighted by Gasteiger charge is 2.13. The first kappa shape index (κ1) is 26.8. The molecule has 4 rings (SSSR count). The standard InChI is InChI=1S/C28H24BrCl2N3O3/c1-2-36-26-13-18(12-23(29)28(26)37-17-20-10-11-21(30)14-24(20)31)15-33-34-27(35)16-32-25-9-5-7-19-6-3-4-8-22(19)25/h3-15,32H,2,16-17H2,1H3,(H,34,35)/b33-15-. The third-order valence-electron chi connectivity index (χ3n) is 5.35. The molecule has 0 aliphatic heterocycles. The molecule has 0 aliphatic rings. The van der Waals surface area contributed by atoms with Gasteiger partial charge in [-0.2, -0.15) is 5.10 Å². The molecule has 190 valence electrons. The van der Waals surface area contributed by atoms with E-state index in [-0.39, 0.29) is 19.1 Å². The van der Waals surface area contributed by atoms with E-state index in [4.69, 9.17) is 32.7 Å². The topological polar surface area (TPSA) is 72.0 Å². The quantitative estimate of drug-likeness (QED) is 0.146. The Morgan fingerprint density at radius 3 is 2.65 bits per heavy atom. The van der Waals surface area contributed by atoms with Gasteiger partial charge in [0.15, 0.2) is 11.5 Å². The van der Waals surface area contributed by atoms with Crippen molar-refractivity contribution in [3.05, 3.63) is 98.4 Å². The number of hydrogen-bond donors (Lipinski definition) is 2. The molecule has 0 aromatic heterocycles. The minimum atomic E-state index is -0.270. The van der Waals surface area contributed by atoms with E-state index in [0.717, 1.165) is 27.6 Å². The molecule has 0 saturated carbocycles. The summed E-state index contributed by atoms with van der Waals surface area (Å²) in [6.45, 7) is 2.65. The second-order valence-corrected chi connectivity index (χ2v) is 9.66. The number of nitrogens with one attached hydrogen (secondary N) is 2. The predicted molar refractivity (Wildman–Crippen MR) is 154 cm³/mol. The maximum Gasteiger partial charge on any atom is 0.259 e. The van der Waals surface area contributed by atoms with Gasteiger partial charge in [-0.05, 0) is 64.1 Å². The first-order valence-electron chi connectivity index (χ1n) is 11.5. The largest absolute Gasteiger partial charge is 0.490 e. The van der Waals surface area contributed by atoms with E-state index in [9.17, 15) is 4.79 Å². The summed E-state index contributed by atoms with van der Waals surface area (Å²) in [5.41, 5.74) is 4.95. The van der Waals surface area contributed by atoms with Crippen LogP contribution in [0.1, 0.15) is 18.1 Å². The fourth-order valence-corrected chi connectivity index (χ4v) is 4.66. The van der Waals surface area contributed by atoms with Crippen molar-refractivity contribution >= 4 is 67.7 Å². The Bertz CT molecular complexity index is 1440. The number of fused-ring (bicyclic) bond motifs is 1. The number of carbonyl (C=O) groups is 1. The number of ether oxygens (including phenoxy) is 2. The lowest BCUT2D eigenvalue weighted by molar-refractivity contribution is -0.119. The summed E-state index contributed by atoms with van der Waals surface area (Å²) in [4.78, 5) is 12.3. The third-order valence-corrected chi connectivity index (χ3v) is 6.53. The van der Waals surface area contributed by atoms with Gasteiger partial charge in [0.1, 0.15) is 6.61 Å². The predicted octanol–water partition coefficient (Wildman–Crippen LogP) is 7.45. The summed E-state index contributed by atoms with van der Waals surface area (Å²) >= 11 is 15.8. The lowest BCUT2D eigenvalue weighted by Crippen LogP contribution is -2.25. The zero-order valence-corrected chi connectivity index (χ0v) is 23.0. The van der Waals surface area contributed by atoms with Crippen LogP contribution in [0.5, 0.6) is 11.5 Å². The first-order valence-corrected chi connectivity index (χ1v) is 13.1. The number of amides is 1. The number of rotatable bonds is 10. The van der Waals surface area contributed by atoms with Gasteiger partial charge in [0, 0.05) is 26.7 Å². The molecule has 37 heavy (non-hydrogen) atoms. The molecule has 0 bridgehead atoms. The summed E-state index contributed by atoms with van der Waals surface area (Å²) in [7, 11) is 0. The van der Waals surface area contributed by atoms with Crippen LogP contribution in [0.15, 0.2) is 82.4 Å². The van der Waals surface area contributed by atoms with Crippen molar-refractivity contribution in [2.45, 2.75) is 13.5 Å². The maximum absolute atomic E-state index is 12.3. The van der Waals surface area contributed by atoms with Gasteiger partial charge >= 0.3 is 0 Å². The average molecular weight is 601 g/mol. The van der Waals surface area contributed by atoms with Gasteiger partial charge in [-0.3, -0.25) is 4.79 Å². The van der Waals surface area contributed by atoms with Gasteiger partial charge < -0.3 is 14.8 Å². The molecule has 2 N–H and O–H groups in total. The van der Waals surface area contributed by atoms with Crippen LogP contribution < -0.4 is 20.2 Å². The lowest BCUT2D eigenvalue weighted by atomic mass is 10.1. The number of hydrogen-bond acceptors (Lipinski definition) is 5. The summed E-state index contributed by atoms with van der Waals surface area (Å²) < 4.78 is 12.5. The van der Waals surface area contributed by atoms with Crippen LogP contribution in [-0.2, 0) is 11.4 Å². The van der Waals surface area contributed by atoms with Crippen LogP contribution in [0.3, 0.4) is 0 Å². The van der Waals surface area contributed by atoms with E-state index in [1.807, 2.05) is 61.5 Å². The van der Waals surface area contributed by atoms with Crippen molar-refractivity contribution in [3.8, 4) is 11.5 Å². The third kappa shape index (κ3) is 7.16. The molecule has 9 heteroatoms. The van der Waals surface area contributed by atoms with Crippen LogP contribution in [-0.4, -0.2) is 25.3 Å². The molecule has 0 saturated heterocycles. The van der Waals surface area contributed by atoms with Crippen molar-refractivity contribution in [3.63, 3.8) is 0 Å². The molecule has 0 atom stereocenters. The molecule has 0 aliphatic carbocycles. The molecule has 6 nitrogen and oxygen atoms in total. The second-order valence-electron chi connectivity index (χ2n) is 7.96. The number of halogens is 3. The van der Waals surface area contributed by atoms with E-state index < -0.39 is 0 Å². The highest BCUT2D eigenvalue weighted by atomic mass is 79.9. The van der Waals surface area contributed by atoms with Crippen LogP contribution >= 0.6 is 39.1 Å². The van der Waals surface area contributed by atoms with E-state index >= 15 is 0 Å². The Hall–Kier alpha value is -3.26. The average Bonchev–Trinajstić information content (AvgIpc) is 2.88. The maximum atomic E-state index is 12.3. The number of carbonyl (C=O) groups excluding carboxylic acids is 1. The van der Waals surface area contributed by atoms with E-state index in [2.05, 4.69) is 31.8 Å². The van der Waals surface area contributed by atoms with Crippen molar-refractivity contribution in [1.82, 2.24) is 5.43 Å². The molecule has 0 fully saturated rings. The second kappa shape index (κ2) is 12.8. The molecule has 0 radical (unpaired) electrons. The van der Waals surface area contributed by atoms with E-state index in [0.29, 0.717) is 32.6 Å². The highest BCUT2D eigenvalue weighted by molar-refractivity contribution is 9.10. The Labute approximate surface area is 233 Å². The fraction of sp³-hybridized carbons (Fsp3) is 0.143. The summed E-state index contributed by atoms with van der Waals surface area (Å²) in [6.07, 6.45) is 1.54. The van der Waals surface area contributed by atoms with Gasteiger partial charge in [-0.15, -0.1) is 0 Å². The molecular weight excluding hydrogens is 577 g/mol. The van der Waals surface area contributed by atoms with Crippen molar-refractivity contribution in [2.24, 2.45) is 5.10 Å². The molecule has 4 aromatic carbocycles. The summed E-state index contributed by atoms with van der Waals surface area (Å²) in [5.74, 6) is 0.800. The minimum Gasteiger partial charge on any atom is -0.490 e. The van der Waals surface area contributed by atoms with E-state index in [1.165, 1.54) is 0 Å². The molecule has 1 amide bonds. The molecular formula is C28H24BrCl2N3O3. The minimum absolute atomic E-state index is 0.0826. The number of nitrogens with zero attached hydrogens (tertiary/aromatic N) is 1. The number of hydrazone groups is 1. The lowest BCUT2D eigenvalue weighted by Gasteiger charge is -2.15. The fourth-order valence-electron chi connectivity index (χ4n) is 3.63. The molecule has 0 unspecified atom stereocenters. The highest BCUT2D eigenvalue weighted by Crippen LogP contribution is 2.37. The summed E-state index contributed by atoms with van der Waals surface area (Å²) in [6, 6.07) is 22.8. The van der Waals surface area contributed by atoms with Crippen LogP contribution in [0.4, 0.5) is 5.69 Å². The van der Waals surface area contributed by atoms with Gasteiger partial charge in [0.05, 0.1) is 23.8 Å². The van der Waals surface area contributed by atoms with Crippen LogP contribution in [0.25, 0.3) is 10.8 Å². The van der Waals surface area contributed by atoms with Crippen molar-refractivity contribution in [1.29, 1.82) is 0 Å². The molecule has 0 spiro atoms. The Balaban J connectivity index is 1.38. The van der Waals surface area contributed by atoms with Gasteiger partial charge in [0.2, 0.25) is 0 Å². The van der Waals surface area contributed by atoms with Crippen LogP contribution in [0, 0.1) is 0 Å². The van der Waals surface area contributed by atoms with Gasteiger partial charge in [-0.25, -0.2) is 5.43 Å². The van der Waals surface area contributed by atoms with Crippen molar-refractivity contribution in [2.75, 3.05) is 18.5 Å². The number of anilines is 1. The number of benzene rings is 4. The van der Waals surface area contributed by atoms with Crippen LogP contribution in [0.2, 0.25) is 10.0 Å². The Kier molecular flexibility index (Phi) is 9.28. The Morgan fingerprint density at radius 2 is 1.84 bits per heavy atom. The molecule has 0 heterocycles. The zero-order valence-electron chi connectivity index (χ0n) is 19.9. The van der Waals surface area contributed by atoms with Gasteiger partial charge in [0.25, 0.3) is 5.91 Å². The van der Waals surface area contributed by atoms with Gasteiger partial charge in [-0.1, -0.05) is 65.7 Å². The first-order chi connectivity index (χ1) is 17.9. The normalized spacial score (nSPS) is 11.0. The smallest absolute Gasteiger partial charge is 0.259 e. The summed E-state index contributed by atoms with van der Waals surface area (Å²) in [5, 5.41) is 10.5. The molecule has 4 aromatic rings. The monoisotopic (exact) mass is 599 g/mol.